The zero-order valence-electron chi connectivity index (χ0n) is 30.0. The number of nitrogens with one attached hydrogen (secondary N) is 1. The van der Waals surface area contributed by atoms with Crippen molar-refractivity contribution in [2.24, 2.45) is 17.8 Å². The number of halogens is 2. The molecule has 1 amide bonds. The van der Waals surface area contributed by atoms with E-state index in [0.717, 1.165) is 89.8 Å². The van der Waals surface area contributed by atoms with Gasteiger partial charge in [0, 0.05) is 75.9 Å². The van der Waals surface area contributed by atoms with Gasteiger partial charge < -0.3 is 20.2 Å². The maximum atomic E-state index is 15.4. The Morgan fingerprint density at radius 1 is 1.00 bits per heavy atom. The van der Waals surface area contributed by atoms with Crippen LogP contribution in [0.15, 0.2) is 42.9 Å². The predicted octanol–water partition coefficient (Wildman–Crippen LogP) is 6.06. The Balaban J connectivity index is 1.06. The van der Waals surface area contributed by atoms with E-state index >= 15 is 8.78 Å². The van der Waals surface area contributed by atoms with Crippen molar-refractivity contribution in [1.29, 1.82) is 0 Å². The van der Waals surface area contributed by atoms with Crippen LogP contribution in [-0.2, 0) is 22.7 Å². The Morgan fingerprint density at radius 3 is 2.46 bits per heavy atom. The topological polar surface area (TPSA) is 128 Å². The van der Waals surface area contributed by atoms with Crippen molar-refractivity contribution in [1.82, 2.24) is 30.2 Å². The largest absolute Gasteiger partial charge is 0.479 e. The van der Waals surface area contributed by atoms with E-state index in [0.29, 0.717) is 31.7 Å². The lowest BCUT2D eigenvalue weighted by Gasteiger charge is -2.35. The molecule has 2 N–H and O–H groups in total. The summed E-state index contributed by atoms with van der Waals surface area (Å²) in [5, 5.41) is 13.1. The molecule has 3 saturated carbocycles. The van der Waals surface area contributed by atoms with Crippen LogP contribution < -0.4 is 15.1 Å². The van der Waals surface area contributed by atoms with Gasteiger partial charge in [-0.3, -0.25) is 9.69 Å². The fraction of sp³-hybridized carbons (Fsp3) is 0.590. The molecule has 1 spiro atoms. The number of carboxylic acid groups (broad SMARTS) is 1. The second-order valence-corrected chi connectivity index (χ2v) is 16.2. The quantitative estimate of drug-likeness (QED) is 0.284. The number of amides is 1. The number of carboxylic acids is 1. The number of hydrogen-bond donors (Lipinski definition) is 2. The molecule has 2 aliphatic heterocycles. The monoisotopic (exact) mass is 714 g/mol. The van der Waals surface area contributed by atoms with Crippen LogP contribution in [0.2, 0.25) is 0 Å². The van der Waals surface area contributed by atoms with Gasteiger partial charge in [-0.1, -0.05) is 38.3 Å². The lowest BCUT2D eigenvalue weighted by atomic mass is 9.70. The molecule has 4 fully saturated rings. The minimum atomic E-state index is -3.47. The molecule has 0 radical (unpaired) electrons. The Morgan fingerprint density at radius 2 is 1.75 bits per heavy atom. The molecule has 1 aromatic carbocycles. The zero-order valence-corrected chi connectivity index (χ0v) is 30.0. The van der Waals surface area contributed by atoms with Crippen molar-refractivity contribution in [3.63, 3.8) is 0 Å². The summed E-state index contributed by atoms with van der Waals surface area (Å²) in [5.41, 5.74) is 0.626. The number of aromatic nitrogens is 4. The molecule has 4 heterocycles. The lowest BCUT2D eigenvalue weighted by Crippen LogP contribution is -2.57. The summed E-state index contributed by atoms with van der Waals surface area (Å²) in [6.45, 7) is 7.68. The molecule has 3 aromatic rings. The number of nitrogens with zero attached hydrogens (tertiary/aromatic N) is 7. The molecule has 276 valence electrons. The first-order valence-electron chi connectivity index (χ1n) is 18.9. The van der Waals surface area contributed by atoms with Crippen LogP contribution in [0.1, 0.15) is 98.8 Å². The second kappa shape index (κ2) is 13.3. The molecule has 4 atom stereocenters. The van der Waals surface area contributed by atoms with Crippen LogP contribution in [0, 0.1) is 17.8 Å². The maximum Gasteiger partial charge on any atom is 0.329 e. The fourth-order valence-electron chi connectivity index (χ4n) is 10.1. The Kier molecular flexibility index (Phi) is 8.90. The number of alkyl halides is 2. The highest BCUT2D eigenvalue weighted by atomic mass is 19.3. The van der Waals surface area contributed by atoms with E-state index in [9.17, 15) is 14.7 Å². The minimum absolute atomic E-state index is 0.127. The lowest BCUT2D eigenvalue weighted by molar-refractivity contribution is -0.146. The van der Waals surface area contributed by atoms with Crippen molar-refractivity contribution in [3.05, 3.63) is 65.2 Å². The average molecular weight is 715 g/mol. The second-order valence-electron chi connectivity index (χ2n) is 16.2. The summed E-state index contributed by atoms with van der Waals surface area (Å²) in [4.78, 5) is 50.9. The number of piperazine rings is 1. The van der Waals surface area contributed by atoms with Crippen LogP contribution in [0.3, 0.4) is 0 Å². The highest BCUT2D eigenvalue weighted by Crippen LogP contribution is 2.52. The predicted molar refractivity (Wildman–Crippen MR) is 192 cm³/mol. The van der Waals surface area contributed by atoms with Crippen LogP contribution >= 0.6 is 0 Å². The molecule has 4 unspecified atom stereocenters. The highest BCUT2D eigenvalue weighted by molar-refractivity contribution is 5.99. The van der Waals surface area contributed by atoms with Gasteiger partial charge in [0.2, 0.25) is 11.9 Å². The van der Waals surface area contributed by atoms with E-state index in [1.165, 1.54) is 17.3 Å². The molecule has 2 bridgehead atoms. The summed E-state index contributed by atoms with van der Waals surface area (Å²) in [6.07, 6.45) is 12.6. The summed E-state index contributed by atoms with van der Waals surface area (Å²) in [6, 6.07) is 8.31. The smallest absolute Gasteiger partial charge is 0.329 e. The number of benzene rings is 1. The molecular formula is C39H48F2N8O3. The molecule has 5 aliphatic rings. The number of aliphatic carboxylic acids is 1. The van der Waals surface area contributed by atoms with Gasteiger partial charge in [-0.25, -0.2) is 24.7 Å². The first kappa shape index (κ1) is 34.8. The SMILES string of the molecule is CC1CC2CC(C1)C(NC(=O)c1cnc(N3CC4(CCCCC4)c4cc(CN5CCN(c6ncccn6)CC5)ccc43)nc1C(C)(F)F)(C(=O)O)C2. The van der Waals surface area contributed by atoms with Gasteiger partial charge in [0.15, 0.2) is 0 Å². The number of anilines is 3. The normalized spacial score (nSPS) is 27.1. The number of fused-ring (bicyclic) bond motifs is 4. The third kappa shape index (κ3) is 6.28. The molecule has 52 heavy (non-hydrogen) atoms. The molecule has 13 heteroatoms. The van der Waals surface area contributed by atoms with Crippen molar-refractivity contribution in [2.45, 2.75) is 95.1 Å². The molecule has 3 aliphatic carbocycles. The summed E-state index contributed by atoms with van der Waals surface area (Å²) >= 11 is 0. The standard InChI is InChI=1S/C39H48F2N8O3/c1-25-17-27-19-28(18-25)39(21-27,34(51)52)46-33(50)29-22-44-36(45-32(29)37(2,40)41)49-24-38(9-4-3-5-10-38)30-20-26(7-8-31(30)49)23-47-13-15-48(16-14-47)35-42-11-6-12-43-35/h6-8,11-12,20,22,25,27-28H,3-5,9-10,13-19,21,23-24H2,1-2H3,(H,46,50)(H,51,52). The zero-order chi connectivity index (χ0) is 36.3. The van der Waals surface area contributed by atoms with Gasteiger partial charge in [0.1, 0.15) is 11.2 Å². The van der Waals surface area contributed by atoms with Crippen molar-refractivity contribution in [2.75, 3.05) is 42.5 Å². The Hall–Kier alpha value is -4.26. The van der Waals surface area contributed by atoms with Crippen molar-refractivity contribution in [3.8, 4) is 0 Å². The first-order chi connectivity index (χ1) is 24.9. The average Bonchev–Trinajstić information content (AvgIpc) is 3.58. The number of carbonyl (C=O) groups is 2. The summed E-state index contributed by atoms with van der Waals surface area (Å²) in [7, 11) is 0. The number of carbonyl (C=O) groups excluding carboxylic acids is 1. The van der Waals surface area contributed by atoms with Gasteiger partial charge in [-0.15, -0.1) is 0 Å². The van der Waals surface area contributed by atoms with Gasteiger partial charge in [0.05, 0.1) is 5.56 Å². The third-order valence-electron chi connectivity index (χ3n) is 12.6. The van der Waals surface area contributed by atoms with Gasteiger partial charge >= 0.3 is 5.97 Å². The highest BCUT2D eigenvalue weighted by Gasteiger charge is 2.56. The van der Waals surface area contributed by atoms with E-state index in [4.69, 9.17) is 0 Å². The van der Waals surface area contributed by atoms with E-state index in [1.54, 1.807) is 12.4 Å². The van der Waals surface area contributed by atoms with E-state index in [1.807, 2.05) is 11.0 Å². The Bertz CT molecular complexity index is 1830. The molecule has 8 rings (SSSR count). The van der Waals surface area contributed by atoms with Crippen molar-refractivity contribution < 1.29 is 23.5 Å². The fourth-order valence-corrected chi connectivity index (χ4v) is 10.1. The van der Waals surface area contributed by atoms with Gasteiger partial charge in [0.25, 0.3) is 11.8 Å². The third-order valence-corrected chi connectivity index (χ3v) is 12.6. The van der Waals surface area contributed by atoms with Gasteiger partial charge in [-0.05, 0) is 79.5 Å². The number of hydrogen-bond acceptors (Lipinski definition) is 9. The molecule has 2 aromatic heterocycles. The van der Waals surface area contributed by atoms with Crippen LogP contribution in [0.25, 0.3) is 0 Å². The summed E-state index contributed by atoms with van der Waals surface area (Å²) in [5.74, 6) is -4.28. The molecular weight excluding hydrogens is 666 g/mol. The van der Waals surface area contributed by atoms with E-state index < -0.39 is 29.0 Å². The van der Waals surface area contributed by atoms with Gasteiger partial charge in [-0.2, -0.15) is 8.78 Å². The first-order valence-corrected chi connectivity index (χ1v) is 18.9. The number of rotatable bonds is 8. The maximum absolute atomic E-state index is 15.4. The van der Waals surface area contributed by atoms with Crippen LogP contribution in [-0.4, -0.2) is 80.1 Å². The van der Waals surface area contributed by atoms with Crippen LogP contribution in [0.5, 0.6) is 0 Å². The van der Waals surface area contributed by atoms with Crippen LogP contribution in [0.4, 0.5) is 26.4 Å². The minimum Gasteiger partial charge on any atom is -0.479 e. The Labute approximate surface area is 303 Å². The summed E-state index contributed by atoms with van der Waals surface area (Å²) < 4.78 is 30.8. The van der Waals surface area contributed by atoms with Crippen molar-refractivity contribution >= 4 is 29.5 Å². The molecule has 11 nitrogen and oxygen atoms in total. The molecule has 1 saturated heterocycles. The van der Waals surface area contributed by atoms with E-state index in [-0.39, 0.29) is 28.8 Å². The van der Waals surface area contributed by atoms with E-state index in [2.05, 4.69) is 60.2 Å².